The van der Waals surface area contributed by atoms with Gasteiger partial charge in [0.05, 0.1) is 12.8 Å². The second kappa shape index (κ2) is 6.41. The Hall–Kier alpha value is -1.33. The molecule has 20 heavy (non-hydrogen) atoms. The van der Waals surface area contributed by atoms with Gasteiger partial charge in [-0.15, -0.1) is 0 Å². The average molecular weight is 293 g/mol. The van der Waals surface area contributed by atoms with Gasteiger partial charge in [0.2, 0.25) is 0 Å². The summed E-state index contributed by atoms with van der Waals surface area (Å²) in [4.78, 5) is 5.08. The second-order valence-electron chi connectivity index (χ2n) is 5.42. The van der Waals surface area contributed by atoms with Crippen LogP contribution >= 0.6 is 12.2 Å². The fraction of sp³-hybridized carbons (Fsp3) is 0.533. The standard InChI is InChI=1S/C15H23N3OS/c1-17-8-4-5-11(10-17)18(2)14-9-12(19-3)6-7-13(14)15(16)20/h6-7,9,11H,4-5,8,10H2,1-3H3,(H2,16,20). The van der Waals surface area contributed by atoms with Crippen LogP contribution in [0.2, 0.25) is 0 Å². The molecule has 0 amide bonds. The zero-order valence-electron chi connectivity index (χ0n) is 12.4. The highest BCUT2D eigenvalue weighted by Gasteiger charge is 2.23. The summed E-state index contributed by atoms with van der Waals surface area (Å²) < 4.78 is 5.33. The first-order chi connectivity index (χ1) is 9.52. The van der Waals surface area contributed by atoms with Gasteiger partial charge in [0.25, 0.3) is 0 Å². The number of thiocarbonyl (C=S) groups is 1. The van der Waals surface area contributed by atoms with E-state index in [-0.39, 0.29) is 0 Å². The molecule has 4 nitrogen and oxygen atoms in total. The minimum absolute atomic E-state index is 0.429. The number of hydrogen-bond acceptors (Lipinski definition) is 4. The van der Waals surface area contributed by atoms with Gasteiger partial charge >= 0.3 is 0 Å². The number of nitrogens with two attached hydrogens (primary N) is 1. The number of anilines is 1. The molecule has 0 saturated carbocycles. The van der Waals surface area contributed by atoms with Crippen molar-refractivity contribution in [1.82, 2.24) is 4.90 Å². The lowest BCUT2D eigenvalue weighted by molar-refractivity contribution is 0.248. The molecule has 2 rings (SSSR count). The van der Waals surface area contributed by atoms with E-state index in [9.17, 15) is 0 Å². The summed E-state index contributed by atoms with van der Waals surface area (Å²) >= 11 is 5.17. The van der Waals surface area contributed by atoms with Crippen LogP contribution in [0, 0.1) is 0 Å². The SMILES string of the molecule is COc1ccc(C(N)=S)c(N(C)C2CCCN(C)C2)c1. The lowest BCUT2D eigenvalue weighted by Crippen LogP contribution is -2.45. The molecule has 1 aromatic rings. The molecular weight excluding hydrogens is 270 g/mol. The zero-order chi connectivity index (χ0) is 14.7. The summed E-state index contributed by atoms with van der Waals surface area (Å²) in [6.45, 7) is 2.23. The van der Waals surface area contributed by atoms with Gasteiger partial charge in [-0.1, -0.05) is 12.2 Å². The first-order valence-electron chi connectivity index (χ1n) is 6.92. The first kappa shape index (κ1) is 15.1. The van der Waals surface area contributed by atoms with Crippen LogP contribution in [0.25, 0.3) is 0 Å². The van der Waals surface area contributed by atoms with Crippen LogP contribution in [0.1, 0.15) is 18.4 Å². The van der Waals surface area contributed by atoms with Crippen molar-refractivity contribution in [2.24, 2.45) is 5.73 Å². The number of rotatable bonds is 4. The Labute approximate surface area is 126 Å². The lowest BCUT2D eigenvalue weighted by Gasteiger charge is -2.38. The van der Waals surface area contributed by atoms with Crippen LogP contribution in [0.3, 0.4) is 0 Å². The summed E-state index contributed by atoms with van der Waals surface area (Å²) in [6, 6.07) is 6.34. The first-order valence-corrected chi connectivity index (χ1v) is 7.33. The van der Waals surface area contributed by atoms with Gasteiger partial charge in [-0.2, -0.15) is 0 Å². The van der Waals surface area contributed by atoms with Gasteiger partial charge in [-0.3, -0.25) is 0 Å². The molecule has 1 aliphatic rings. The van der Waals surface area contributed by atoms with E-state index in [1.807, 2.05) is 18.2 Å². The molecule has 110 valence electrons. The van der Waals surface area contributed by atoms with E-state index >= 15 is 0 Å². The molecule has 1 fully saturated rings. The van der Waals surface area contributed by atoms with Crippen LogP contribution in [-0.2, 0) is 0 Å². The van der Waals surface area contributed by atoms with Gasteiger partial charge in [-0.05, 0) is 38.6 Å². The van der Waals surface area contributed by atoms with Crippen LogP contribution in [0.4, 0.5) is 5.69 Å². The molecule has 1 saturated heterocycles. The van der Waals surface area contributed by atoms with Crippen molar-refractivity contribution < 1.29 is 4.74 Å². The third-order valence-corrected chi connectivity index (χ3v) is 4.22. The molecular formula is C15H23N3OS. The Balaban J connectivity index is 2.31. The van der Waals surface area contributed by atoms with E-state index in [1.54, 1.807) is 7.11 Å². The van der Waals surface area contributed by atoms with E-state index in [1.165, 1.54) is 19.4 Å². The molecule has 5 heteroatoms. The third-order valence-electron chi connectivity index (χ3n) is 4.00. The maximum absolute atomic E-state index is 5.85. The van der Waals surface area contributed by atoms with Crippen molar-refractivity contribution >= 4 is 22.9 Å². The molecule has 1 heterocycles. The summed E-state index contributed by atoms with van der Waals surface area (Å²) in [5.74, 6) is 0.830. The van der Waals surface area contributed by atoms with Crippen molar-refractivity contribution in [3.63, 3.8) is 0 Å². The molecule has 0 radical (unpaired) electrons. The van der Waals surface area contributed by atoms with Crippen molar-refractivity contribution in [2.75, 3.05) is 39.2 Å². The van der Waals surface area contributed by atoms with Gasteiger partial charge in [0, 0.05) is 31.3 Å². The van der Waals surface area contributed by atoms with Crippen LogP contribution in [0.5, 0.6) is 5.75 Å². The number of ether oxygens (including phenoxy) is 1. The van der Waals surface area contributed by atoms with Crippen molar-refractivity contribution in [3.8, 4) is 5.75 Å². The van der Waals surface area contributed by atoms with E-state index in [4.69, 9.17) is 22.7 Å². The van der Waals surface area contributed by atoms with E-state index < -0.39 is 0 Å². The number of benzene rings is 1. The summed E-state index contributed by atoms with van der Waals surface area (Å²) in [5.41, 5.74) is 7.82. The van der Waals surface area contributed by atoms with Crippen molar-refractivity contribution in [3.05, 3.63) is 23.8 Å². The normalized spacial score (nSPS) is 19.6. The predicted octanol–water partition coefficient (Wildman–Crippen LogP) is 1.86. The van der Waals surface area contributed by atoms with Gasteiger partial charge in [0.15, 0.2) is 0 Å². The van der Waals surface area contributed by atoms with Crippen LogP contribution in [-0.4, -0.2) is 50.2 Å². The highest BCUT2D eigenvalue weighted by molar-refractivity contribution is 7.80. The number of likely N-dealkylation sites (tertiary alicyclic amines) is 1. The molecule has 0 bridgehead atoms. The molecule has 1 aliphatic heterocycles. The van der Waals surface area contributed by atoms with E-state index in [0.29, 0.717) is 11.0 Å². The van der Waals surface area contributed by atoms with Crippen LogP contribution in [0.15, 0.2) is 18.2 Å². The minimum Gasteiger partial charge on any atom is -0.497 e. The zero-order valence-corrected chi connectivity index (χ0v) is 13.2. The predicted molar refractivity (Wildman–Crippen MR) is 87.8 cm³/mol. The topological polar surface area (TPSA) is 41.7 Å². The van der Waals surface area contributed by atoms with E-state index in [0.717, 1.165) is 23.5 Å². The van der Waals surface area contributed by atoms with Gasteiger partial charge < -0.3 is 20.3 Å². The largest absolute Gasteiger partial charge is 0.497 e. The molecule has 0 aromatic heterocycles. The molecule has 1 atom stereocenters. The van der Waals surface area contributed by atoms with Crippen LogP contribution < -0.4 is 15.4 Å². The summed E-state index contributed by atoms with van der Waals surface area (Å²) in [5, 5.41) is 0. The number of nitrogens with zero attached hydrogens (tertiary/aromatic N) is 2. The Kier molecular flexibility index (Phi) is 4.83. The lowest BCUT2D eigenvalue weighted by atomic mass is 10.0. The average Bonchev–Trinajstić information content (AvgIpc) is 2.45. The second-order valence-corrected chi connectivity index (χ2v) is 5.86. The molecule has 0 aliphatic carbocycles. The maximum Gasteiger partial charge on any atom is 0.120 e. The Morgan fingerprint density at radius 3 is 2.85 bits per heavy atom. The fourth-order valence-electron chi connectivity index (χ4n) is 2.79. The Morgan fingerprint density at radius 2 is 2.25 bits per heavy atom. The Morgan fingerprint density at radius 1 is 1.50 bits per heavy atom. The third kappa shape index (κ3) is 3.22. The highest BCUT2D eigenvalue weighted by atomic mass is 32.1. The molecule has 2 N–H and O–H groups in total. The quantitative estimate of drug-likeness (QED) is 0.858. The Bertz CT molecular complexity index is 492. The number of hydrogen-bond donors (Lipinski definition) is 1. The highest BCUT2D eigenvalue weighted by Crippen LogP contribution is 2.28. The monoisotopic (exact) mass is 293 g/mol. The maximum atomic E-state index is 5.85. The van der Waals surface area contributed by atoms with Gasteiger partial charge in [-0.25, -0.2) is 0 Å². The molecule has 0 spiro atoms. The number of likely N-dealkylation sites (N-methyl/N-ethyl adjacent to an activating group) is 2. The summed E-state index contributed by atoms with van der Waals surface area (Å²) in [6.07, 6.45) is 2.41. The van der Waals surface area contributed by atoms with Crippen molar-refractivity contribution in [1.29, 1.82) is 0 Å². The number of methoxy groups -OCH3 is 1. The fourth-order valence-corrected chi connectivity index (χ4v) is 2.96. The van der Waals surface area contributed by atoms with Gasteiger partial charge in [0.1, 0.15) is 10.7 Å². The summed E-state index contributed by atoms with van der Waals surface area (Å²) in [7, 11) is 5.95. The van der Waals surface area contributed by atoms with Crippen molar-refractivity contribution in [2.45, 2.75) is 18.9 Å². The minimum atomic E-state index is 0.429. The van der Waals surface area contributed by atoms with E-state index in [2.05, 4.69) is 23.9 Å². The number of piperidine rings is 1. The smallest absolute Gasteiger partial charge is 0.120 e. The molecule has 1 aromatic carbocycles. The molecule has 1 unspecified atom stereocenters.